The van der Waals surface area contributed by atoms with E-state index in [1.54, 1.807) is 23.7 Å². The number of hydrogen-bond donors (Lipinski definition) is 2. The summed E-state index contributed by atoms with van der Waals surface area (Å²) in [6, 6.07) is 13.3. The van der Waals surface area contributed by atoms with Crippen molar-refractivity contribution >= 4 is 41.2 Å². The number of esters is 1. The molecule has 0 saturated heterocycles. The second-order valence-electron chi connectivity index (χ2n) is 7.67. The van der Waals surface area contributed by atoms with Crippen LogP contribution in [0.5, 0.6) is 0 Å². The van der Waals surface area contributed by atoms with E-state index >= 15 is 0 Å². The highest BCUT2D eigenvalue weighted by atomic mass is 35.5. The number of benzene rings is 2. The number of anilines is 1. The fourth-order valence-electron chi connectivity index (χ4n) is 3.60. The predicted octanol–water partition coefficient (Wildman–Crippen LogP) is 5.16. The van der Waals surface area contributed by atoms with Gasteiger partial charge < -0.3 is 15.2 Å². The number of carbonyl (C=O) groups excluding carboxylic acids is 1. The number of aromatic carboxylic acids is 1. The summed E-state index contributed by atoms with van der Waals surface area (Å²) in [4.78, 5) is 28.9. The van der Waals surface area contributed by atoms with Crippen LogP contribution >= 0.6 is 23.4 Å². The van der Waals surface area contributed by atoms with Crippen LogP contribution in [-0.2, 0) is 15.3 Å². The van der Waals surface area contributed by atoms with E-state index in [4.69, 9.17) is 16.3 Å². The maximum absolute atomic E-state index is 13.0. The van der Waals surface area contributed by atoms with E-state index in [9.17, 15) is 14.7 Å². The van der Waals surface area contributed by atoms with Crippen LogP contribution in [0.2, 0.25) is 5.02 Å². The lowest BCUT2D eigenvalue weighted by atomic mass is 9.95. The normalized spacial score (nSPS) is 15.0. The van der Waals surface area contributed by atoms with Crippen LogP contribution in [0.15, 0.2) is 65.0 Å². The molecule has 0 aliphatic carbocycles. The second-order valence-corrected chi connectivity index (χ2v) is 9.02. The van der Waals surface area contributed by atoms with Crippen molar-refractivity contribution in [2.45, 2.75) is 37.2 Å². The second kappa shape index (κ2) is 10.3. The molecule has 1 atom stereocenters. The number of ether oxygens (including phenoxy) is 1. The molecule has 0 radical (unpaired) electrons. The van der Waals surface area contributed by atoms with Crippen LogP contribution in [0.1, 0.15) is 47.8 Å². The number of fused-ring (bicyclic) bond motifs is 1. The Morgan fingerprint density at radius 2 is 1.94 bits per heavy atom. The summed E-state index contributed by atoms with van der Waals surface area (Å²) in [6.07, 6.45) is 0.695. The van der Waals surface area contributed by atoms with E-state index < -0.39 is 18.0 Å². The van der Waals surface area contributed by atoms with Gasteiger partial charge in [0.1, 0.15) is 6.04 Å². The minimum absolute atomic E-state index is 0.156. The quantitative estimate of drug-likeness (QED) is 0.324. The Bertz CT molecular complexity index is 1260. The molecule has 8 nitrogen and oxygen atoms in total. The number of nitrogens with one attached hydrogen (secondary N) is 1. The number of aromatic nitrogens is 3. The van der Waals surface area contributed by atoms with E-state index in [-0.39, 0.29) is 5.56 Å². The third kappa shape index (κ3) is 4.95. The smallest absolute Gasteiger partial charge is 0.338 e. The fraction of sp³-hybridized carbons (Fsp3) is 0.250. The summed E-state index contributed by atoms with van der Waals surface area (Å²) < 4.78 is 7.08. The molecule has 0 saturated carbocycles. The minimum Gasteiger partial charge on any atom is -0.478 e. The van der Waals surface area contributed by atoms with Gasteiger partial charge in [0.05, 0.1) is 17.7 Å². The minimum atomic E-state index is -1.02. The molecule has 1 unspecified atom stereocenters. The molecule has 176 valence electrons. The van der Waals surface area contributed by atoms with Crippen LogP contribution in [0.3, 0.4) is 0 Å². The summed E-state index contributed by atoms with van der Waals surface area (Å²) in [7, 11) is 0. The van der Waals surface area contributed by atoms with Crippen molar-refractivity contribution in [2.24, 2.45) is 0 Å². The third-order valence-corrected chi connectivity index (χ3v) is 6.53. The standard InChI is InChI=1S/C24H23ClN4O4S/c1-3-12-33-22(32)19-14(2)26-23-27-24(34-13-17-6-4-5-7-18(17)25)28-29(23)20(19)15-8-10-16(11-9-15)21(30)31/h4-11,20H,3,12-13H2,1-2H3,(H,30,31)(H,26,27,28). The molecule has 1 aromatic heterocycles. The number of carboxylic acid groups (broad SMARTS) is 1. The van der Waals surface area contributed by atoms with Gasteiger partial charge in [0, 0.05) is 16.5 Å². The molecule has 34 heavy (non-hydrogen) atoms. The number of carbonyl (C=O) groups is 2. The van der Waals surface area contributed by atoms with Gasteiger partial charge in [-0.25, -0.2) is 14.3 Å². The highest BCUT2D eigenvalue weighted by molar-refractivity contribution is 7.98. The summed E-state index contributed by atoms with van der Waals surface area (Å²) in [5.74, 6) is -0.409. The van der Waals surface area contributed by atoms with Crippen molar-refractivity contribution in [3.63, 3.8) is 0 Å². The molecular formula is C24H23ClN4O4S. The number of rotatable bonds is 8. The lowest BCUT2D eigenvalue weighted by Crippen LogP contribution is -2.29. The predicted molar refractivity (Wildman–Crippen MR) is 130 cm³/mol. The molecule has 0 fully saturated rings. The molecule has 4 rings (SSSR count). The monoisotopic (exact) mass is 498 g/mol. The summed E-state index contributed by atoms with van der Waals surface area (Å²) in [5, 5.41) is 18.3. The zero-order chi connectivity index (χ0) is 24.2. The van der Waals surface area contributed by atoms with Crippen LogP contribution < -0.4 is 5.32 Å². The highest BCUT2D eigenvalue weighted by Crippen LogP contribution is 2.37. The van der Waals surface area contributed by atoms with Crippen molar-refractivity contribution in [1.29, 1.82) is 0 Å². The molecular weight excluding hydrogens is 476 g/mol. The lowest BCUT2D eigenvalue weighted by molar-refractivity contribution is -0.139. The Balaban J connectivity index is 1.70. The van der Waals surface area contributed by atoms with Crippen molar-refractivity contribution < 1.29 is 19.4 Å². The zero-order valence-corrected chi connectivity index (χ0v) is 20.2. The number of hydrogen-bond acceptors (Lipinski definition) is 7. The van der Waals surface area contributed by atoms with Gasteiger partial charge in [-0.05, 0) is 42.7 Å². The highest BCUT2D eigenvalue weighted by Gasteiger charge is 2.35. The average molecular weight is 499 g/mol. The van der Waals surface area contributed by atoms with Crippen LogP contribution in [0.25, 0.3) is 0 Å². The van der Waals surface area contributed by atoms with Gasteiger partial charge in [-0.2, -0.15) is 4.98 Å². The summed E-state index contributed by atoms with van der Waals surface area (Å²) in [6.45, 7) is 4.01. The Kier molecular flexibility index (Phi) is 7.23. The Labute approximate surface area is 206 Å². The van der Waals surface area contributed by atoms with Crippen molar-refractivity contribution in [3.8, 4) is 0 Å². The molecule has 2 aromatic carbocycles. The first-order chi connectivity index (χ1) is 16.4. The lowest BCUT2D eigenvalue weighted by Gasteiger charge is -2.28. The molecule has 0 amide bonds. The third-order valence-electron chi connectivity index (χ3n) is 5.28. The van der Waals surface area contributed by atoms with Gasteiger partial charge in [-0.3, -0.25) is 0 Å². The topological polar surface area (TPSA) is 106 Å². The fourth-order valence-corrected chi connectivity index (χ4v) is 4.72. The number of halogens is 1. The van der Waals surface area contributed by atoms with Crippen molar-refractivity contribution in [3.05, 3.63) is 81.5 Å². The van der Waals surface area contributed by atoms with Crippen LogP contribution in [-0.4, -0.2) is 38.4 Å². The van der Waals surface area contributed by atoms with Gasteiger partial charge in [-0.1, -0.05) is 60.6 Å². The van der Waals surface area contributed by atoms with E-state index in [2.05, 4.69) is 15.4 Å². The maximum Gasteiger partial charge on any atom is 0.338 e. The molecule has 3 aromatic rings. The van der Waals surface area contributed by atoms with Gasteiger partial charge in [0.25, 0.3) is 0 Å². The molecule has 0 spiro atoms. The van der Waals surface area contributed by atoms with E-state index in [0.29, 0.717) is 51.7 Å². The maximum atomic E-state index is 13.0. The van der Waals surface area contributed by atoms with Gasteiger partial charge in [0.2, 0.25) is 11.1 Å². The summed E-state index contributed by atoms with van der Waals surface area (Å²) >= 11 is 7.70. The molecule has 0 bridgehead atoms. The van der Waals surface area contributed by atoms with E-state index in [1.807, 2.05) is 31.2 Å². The van der Waals surface area contributed by atoms with Crippen LogP contribution in [0, 0.1) is 0 Å². The number of thioether (sulfide) groups is 1. The molecule has 2 heterocycles. The zero-order valence-electron chi connectivity index (χ0n) is 18.6. The van der Waals surface area contributed by atoms with Gasteiger partial charge >= 0.3 is 11.9 Å². The summed E-state index contributed by atoms with van der Waals surface area (Å²) in [5.41, 5.74) is 2.83. The number of nitrogens with zero attached hydrogens (tertiary/aromatic N) is 3. The first-order valence-corrected chi connectivity index (χ1v) is 12.1. The average Bonchev–Trinajstić information content (AvgIpc) is 3.23. The first-order valence-electron chi connectivity index (χ1n) is 10.7. The first kappa shape index (κ1) is 23.8. The number of carboxylic acids is 1. The van der Waals surface area contributed by atoms with Gasteiger partial charge in [0.15, 0.2) is 0 Å². The number of allylic oxidation sites excluding steroid dienone is 1. The SMILES string of the molecule is CCCOC(=O)C1=C(C)Nc2nc(SCc3ccccc3Cl)nn2C1c1ccc(C(=O)O)cc1. The van der Waals surface area contributed by atoms with Gasteiger partial charge in [-0.15, -0.1) is 5.10 Å². The molecule has 1 aliphatic heterocycles. The van der Waals surface area contributed by atoms with Crippen molar-refractivity contribution in [2.75, 3.05) is 11.9 Å². The Morgan fingerprint density at radius 1 is 1.21 bits per heavy atom. The van der Waals surface area contributed by atoms with E-state index in [0.717, 1.165) is 5.56 Å². The van der Waals surface area contributed by atoms with E-state index in [1.165, 1.54) is 23.9 Å². The Morgan fingerprint density at radius 3 is 2.62 bits per heavy atom. The molecule has 1 aliphatic rings. The van der Waals surface area contributed by atoms with Crippen molar-refractivity contribution in [1.82, 2.24) is 14.8 Å². The van der Waals surface area contributed by atoms with Crippen LogP contribution in [0.4, 0.5) is 5.95 Å². The molecule has 2 N–H and O–H groups in total. The Hall–Kier alpha value is -3.30. The molecule has 10 heteroatoms. The largest absolute Gasteiger partial charge is 0.478 e.